The molecule has 2 spiro atoms. The summed E-state index contributed by atoms with van der Waals surface area (Å²) in [6, 6.07) is 116. The number of rotatable bonds is 6. The maximum Gasteiger partial charge on any atom is 0.132 e. The number of ether oxygens (including phenoxy) is 1. The zero-order valence-corrected chi connectivity index (χ0v) is 46.5. The van der Waals surface area contributed by atoms with E-state index in [-0.39, 0.29) is 0 Å². The van der Waals surface area contributed by atoms with Gasteiger partial charge < -0.3 is 9.64 Å². The Labute approximate surface area is 493 Å². The fourth-order valence-electron chi connectivity index (χ4n) is 15.9. The second kappa shape index (κ2) is 17.9. The highest BCUT2D eigenvalue weighted by Crippen LogP contribution is 2.66. The lowest BCUT2D eigenvalue weighted by atomic mass is 9.66. The van der Waals surface area contributed by atoms with Crippen molar-refractivity contribution >= 4 is 28.8 Å². The van der Waals surface area contributed by atoms with E-state index in [0.717, 1.165) is 50.8 Å². The van der Waals surface area contributed by atoms with Crippen LogP contribution in [0.1, 0.15) is 66.8 Å². The molecule has 84 heavy (non-hydrogen) atoms. The highest BCUT2D eigenvalue weighted by molar-refractivity contribution is 7.99. The van der Waals surface area contributed by atoms with Gasteiger partial charge in [0.2, 0.25) is 0 Å². The summed E-state index contributed by atoms with van der Waals surface area (Å²) in [6.07, 6.45) is 0. The van der Waals surface area contributed by atoms with E-state index in [2.05, 4.69) is 314 Å². The van der Waals surface area contributed by atoms with Gasteiger partial charge in [0.1, 0.15) is 11.5 Å². The third kappa shape index (κ3) is 6.21. The molecule has 0 N–H and O–H groups in total. The second-order valence-electron chi connectivity index (χ2n) is 22.9. The SMILES string of the molecule is c1ccc(C2(c3ccccc3)c3ccccc3-c3ccc(-c4cccc(N(c5ccc6c(c5)-c5ccccc5C65c6ccccc6Sc6ccccc65)c5cccc6c5-c5ccccc5C65c6ccccc6Oc6ccccc65)c4)cc32)cc1. The topological polar surface area (TPSA) is 12.5 Å². The van der Waals surface area contributed by atoms with E-state index in [9.17, 15) is 0 Å². The highest BCUT2D eigenvalue weighted by atomic mass is 32.2. The third-order valence-corrected chi connectivity index (χ3v) is 20.2. The largest absolute Gasteiger partial charge is 0.457 e. The molecular formula is C81H51NOS. The van der Waals surface area contributed by atoms with Gasteiger partial charge in [0, 0.05) is 37.9 Å². The minimum atomic E-state index is -0.643. The molecule has 0 bridgehead atoms. The molecule has 2 heterocycles. The van der Waals surface area contributed by atoms with E-state index < -0.39 is 16.2 Å². The first-order valence-electron chi connectivity index (χ1n) is 29.1. The van der Waals surface area contributed by atoms with Crippen molar-refractivity contribution in [1.29, 1.82) is 0 Å². The van der Waals surface area contributed by atoms with E-state index in [4.69, 9.17) is 4.74 Å². The first-order chi connectivity index (χ1) is 41.7. The summed E-state index contributed by atoms with van der Waals surface area (Å²) in [4.78, 5) is 5.15. The molecule has 5 aliphatic rings. The Morgan fingerprint density at radius 1 is 0.262 bits per heavy atom. The Hall–Kier alpha value is -10.2. The molecule has 0 aromatic heterocycles. The van der Waals surface area contributed by atoms with Crippen molar-refractivity contribution in [3.05, 3.63) is 376 Å². The van der Waals surface area contributed by atoms with Crippen LogP contribution in [-0.2, 0) is 16.2 Å². The van der Waals surface area contributed by atoms with Crippen LogP contribution in [0.3, 0.4) is 0 Å². The van der Waals surface area contributed by atoms with Crippen LogP contribution in [-0.4, -0.2) is 0 Å². The normalized spacial score (nSPS) is 14.8. The lowest BCUT2D eigenvalue weighted by molar-refractivity contribution is 0.436. The lowest BCUT2D eigenvalue weighted by Gasteiger charge is -2.40. The molecule has 0 saturated carbocycles. The number of anilines is 3. The first-order valence-corrected chi connectivity index (χ1v) is 30.0. The molecular weight excluding hydrogens is 1030 g/mol. The minimum absolute atomic E-state index is 0.501. The molecule has 0 amide bonds. The Morgan fingerprint density at radius 3 is 1.37 bits per heavy atom. The summed E-state index contributed by atoms with van der Waals surface area (Å²) < 4.78 is 6.83. The summed E-state index contributed by atoms with van der Waals surface area (Å²) in [5.74, 6) is 1.76. The van der Waals surface area contributed by atoms with Crippen molar-refractivity contribution in [3.63, 3.8) is 0 Å². The van der Waals surface area contributed by atoms with Crippen LogP contribution in [0.2, 0.25) is 0 Å². The van der Waals surface area contributed by atoms with Crippen LogP contribution in [0.15, 0.2) is 319 Å². The molecule has 18 rings (SSSR count). The number of hydrogen-bond acceptors (Lipinski definition) is 3. The lowest BCUT2D eigenvalue weighted by Crippen LogP contribution is -2.32. The fourth-order valence-corrected chi connectivity index (χ4v) is 17.1. The van der Waals surface area contributed by atoms with Gasteiger partial charge in [0.25, 0.3) is 0 Å². The Kier molecular flexibility index (Phi) is 10.1. The van der Waals surface area contributed by atoms with E-state index in [1.807, 2.05) is 11.8 Å². The molecule has 0 unspecified atom stereocenters. The molecule has 13 aromatic rings. The highest BCUT2D eigenvalue weighted by Gasteiger charge is 2.54. The number of nitrogens with zero attached hydrogens (tertiary/aromatic N) is 1. The average Bonchev–Trinajstić information content (AvgIpc) is 1.73. The maximum atomic E-state index is 6.83. The second-order valence-corrected chi connectivity index (χ2v) is 24.0. The predicted octanol–water partition coefficient (Wildman–Crippen LogP) is 20.5. The molecule has 0 fully saturated rings. The molecule has 2 nitrogen and oxygen atoms in total. The summed E-state index contributed by atoms with van der Waals surface area (Å²) >= 11 is 1.89. The van der Waals surface area contributed by atoms with Gasteiger partial charge in [0.05, 0.1) is 21.9 Å². The van der Waals surface area contributed by atoms with Crippen LogP contribution in [0.4, 0.5) is 17.1 Å². The average molecular weight is 1090 g/mol. The van der Waals surface area contributed by atoms with Crippen molar-refractivity contribution in [2.45, 2.75) is 26.0 Å². The summed E-state index contributed by atoms with van der Waals surface area (Å²) in [6.45, 7) is 0. The van der Waals surface area contributed by atoms with Crippen molar-refractivity contribution < 1.29 is 4.74 Å². The summed E-state index contributed by atoms with van der Waals surface area (Å²) in [7, 11) is 0. The number of para-hydroxylation sites is 2. The van der Waals surface area contributed by atoms with E-state index >= 15 is 0 Å². The number of hydrogen-bond donors (Lipinski definition) is 0. The molecule has 0 atom stereocenters. The minimum Gasteiger partial charge on any atom is -0.457 e. The number of benzene rings is 13. The van der Waals surface area contributed by atoms with Crippen molar-refractivity contribution in [2.75, 3.05) is 4.90 Å². The monoisotopic (exact) mass is 1090 g/mol. The van der Waals surface area contributed by atoms with Gasteiger partial charge in [-0.05, 0) is 155 Å². The van der Waals surface area contributed by atoms with E-state index in [1.165, 1.54) is 98.8 Å². The van der Waals surface area contributed by atoms with E-state index in [1.54, 1.807) is 0 Å². The van der Waals surface area contributed by atoms with Gasteiger partial charge in [-0.3, -0.25) is 0 Å². The summed E-state index contributed by atoms with van der Waals surface area (Å²) in [5.41, 5.74) is 26.5. The van der Waals surface area contributed by atoms with Crippen LogP contribution < -0.4 is 9.64 Å². The van der Waals surface area contributed by atoms with Gasteiger partial charge in [-0.25, -0.2) is 0 Å². The van der Waals surface area contributed by atoms with Gasteiger partial charge in [-0.1, -0.05) is 260 Å². The fraction of sp³-hybridized carbons (Fsp3) is 0.0370. The Bertz CT molecular complexity index is 4750. The van der Waals surface area contributed by atoms with Gasteiger partial charge in [-0.15, -0.1) is 0 Å². The number of fused-ring (bicyclic) bond motifs is 21. The quantitative estimate of drug-likeness (QED) is 0.165. The van der Waals surface area contributed by atoms with Crippen LogP contribution in [0.25, 0.3) is 44.5 Å². The molecule has 13 aromatic carbocycles. The standard InChI is InChI=1S/C81H51NOS/c1-3-24-54(25-4-1)79(55-26-5-2-6-27-55)63-32-10-7-29-58(63)60-47-45-53(50-72(60)79)52-23-21-28-56(49-52)82(57-46-48-66-62(51-57)59-30-8-11-33-64(59)80(66)69-37-15-19-43-76(69)84-77-44-20-16-38-70(77)80)73-40-22-39-71-78(73)61-31-9-12-34-65(61)81(71)67-35-13-17-41-74(67)83-75-42-18-14-36-68(75)81/h1-51H. The van der Waals surface area contributed by atoms with Crippen LogP contribution >= 0.6 is 11.8 Å². The molecule has 3 heteroatoms. The Morgan fingerprint density at radius 2 is 0.714 bits per heavy atom. The Balaban J connectivity index is 0.894. The molecule has 0 radical (unpaired) electrons. The molecule has 3 aliphatic carbocycles. The zero-order chi connectivity index (χ0) is 55.1. The van der Waals surface area contributed by atoms with E-state index in [0.29, 0.717) is 0 Å². The van der Waals surface area contributed by atoms with Crippen molar-refractivity contribution in [3.8, 4) is 56.0 Å². The molecule has 2 aliphatic heterocycles. The maximum absolute atomic E-state index is 6.83. The first kappa shape index (κ1) is 47.4. The molecule has 392 valence electrons. The van der Waals surface area contributed by atoms with Crippen LogP contribution in [0, 0.1) is 0 Å². The molecule has 0 saturated heterocycles. The smallest absolute Gasteiger partial charge is 0.132 e. The van der Waals surface area contributed by atoms with Gasteiger partial charge in [-0.2, -0.15) is 0 Å². The van der Waals surface area contributed by atoms with Gasteiger partial charge in [0.15, 0.2) is 0 Å². The predicted molar refractivity (Wildman–Crippen MR) is 343 cm³/mol. The summed E-state index contributed by atoms with van der Waals surface area (Å²) in [5, 5.41) is 0. The van der Waals surface area contributed by atoms with Crippen molar-refractivity contribution in [1.82, 2.24) is 0 Å². The third-order valence-electron chi connectivity index (χ3n) is 19.1. The zero-order valence-electron chi connectivity index (χ0n) is 45.7. The van der Waals surface area contributed by atoms with Crippen molar-refractivity contribution in [2.24, 2.45) is 0 Å². The van der Waals surface area contributed by atoms with Gasteiger partial charge >= 0.3 is 0 Å². The van der Waals surface area contributed by atoms with Crippen LogP contribution in [0.5, 0.6) is 11.5 Å².